The molecule has 3 N–H and O–H groups in total. The molecule has 1 aromatic rings. The predicted molar refractivity (Wildman–Crippen MR) is 74.8 cm³/mol. The van der Waals surface area contributed by atoms with E-state index in [2.05, 4.69) is 16.9 Å². The molecular weight excluding hydrogens is 299 g/mol. The third kappa shape index (κ3) is 3.54. The highest BCUT2D eigenvalue weighted by atomic mass is 35.5. The van der Waals surface area contributed by atoms with Crippen molar-refractivity contribution in [2.45, 2.75) is 18.6 Å². The predicted octanol–water partition coefficient (Wildman–Crippen LogP) is 2.29. The first kappa shape index (κ1) is 15.1. The van der Waals surface area contributed by atoms with Crippen molar-refractivity contribution < 1.29 is 12.8 Å². The Bertz CT molecular complexity index is 563. The highest BCUT2D eigenvalue weighted by Gasteiger charge is 2.27. The van der Waals surface area contributed by atoms with Crippen LogP contribution in [0.2, 0.25) is 5.02 Å². The lowest BCUT2D eigenvalue weighted by molar-refractivity contribution is 0.592. The maximum atomic E-state index is 13.5. The van der Waals surface area contributed by atoms with E-state index in [-0.39, 0.29) is 22.1 Å². The molecule has 100 valence electrons. The zero-order chi connectivity index (χ0) is 13.9. The van der Waals surface area contributed by atoms with Crippen LogP contribution in [0, 0.1) is 5.82 Å². The van der Waals surface area contributed by atoms with Gasteiger partial charge in [-0.2, -0.15) is 0 Å². The third-order valence-corrected chi connectivity index (χ3v) is 4.76. The van der Waals surface area contributed by atoms with E-state index in [1.165, 1.54) is 12.1 Å². The summed E-state index contributed by atoms with van der Waals surface area (Å²) in [5, 5.41) is -0.862. The smallest absolute Gasteiger partial charge is 0.242 e. The second-order valence-electron chi connectivity index (χ2n) is 3.57. The summed E-state index contributed by atoms with van der Waals surface area (Å²) in [6.45, 7) is 1.63. The summed E-state index contributed by atoms with van der Waals surface area (Å²) in [6.07, 6.45) is 0.208. The van der Waals surface area contributed by atoms with Crippen LogP contribution in [-0.4, -0.2) is 18.7 Å². The Kier molecular flexibility index (Phi) is 4.89. The van der Waals surface area contributed by atoms with Gasteiger partial charge in [0.1, 0.15) is 11.1 Å². The van der Waals surface area contributed by atoms with Gasteiger partial charge < -0.3 is 5.73 Å². The summed E-state index contributed by atoms with van der Waals surface area (Å²) in [5.74, 6) is -0.760. The van der Waals surface area contributed by atoms with E-state index in [1.54, 1.807) is 6.92 Å². The van der Waals surface area contributed by atoms with Crippen LogP contribution < -0.4 is 10.5 Å². The number of hydrogen-bond donors (Lipinski definition) is 2. The molecule has 0 bridgehead atoms. The van der Waals surface area contributed by atoms with Gasteiger partial charge in [0, 0.05) is 5.02 Å². The molecule has 0 saturated heterocycles. The number of hydrogen-bond acceptors (Lipinski definition) is 3. The third-order valence-electron chi connectivity index (χ3n) is 2.25. The molecule has 0 aliphatic rings. The van der Waals surface area contributed by atoms with Gasteiger partial charge >= 0.3 is 0 Å². The first-order valence-electron chi connectivity index (χ1n) is 5.04. The molecule has 1 rings (SSSR count). The quantitative estimate of drug-likeness (QED) is 0.819. The molecule has 0 fully saturated rings. The fourth-order valence-corrected chi connectivity index (χ4v) is 3.43. The van der Waals surface area contributed by atoms with Crippen molar-refractivity contribution in [1.29, 1.82) is 0 Å². The van der Waals surface area contributed by atoms with Gasteiger partial charge in [0.05, 0.1) is 10.7 Å². The highest BCUT2D eigenvalue weighted by molar-refractivity contribution is 7.95. The monoisotopic (exact) mass is 310 g/mol. The van der Waals surface area contributed by atoms with Gasteiger partial charge in [-0.15, -0.1) is 0 Å². The van der Waals surface area contributed by atoms with Gasteiger partial charge in [-0.1, -0.05) is 30.7 Å². The number of sulfonamides is 1. The topological polar surface area (TPSA) is 72.2 Å². The molecule has 0 spiro atoms. The van der Waals surface area contributed by atoms with E-state index in [9.17, 15) is 12.8 Å². The first-order valence-corrected chi connectivity index (χ1v) is 7.37. The molecule has 0 radical (unpaired) electrons. The van der Waals surface area contributed by atoms with Crippen molar-refractivity contribution >= 4 is 44.5 Å². The molecule has 8 heteroatoms. The number of halogens is 2. The first-order chi connectivity index (χ1) is 8.27. The fourth-order valence-electron chi connectivity index (χ4n) is 1.37. The number of benzene rings is 1. The molecule has 1 atom stereocenters. The number of thiocarbonyl (C=S) groups is 1. The van der Waals surface area contributed by atoms with Crippen LogP contribution in [0.3, 0.4) is 0 Å². The van der Waals surface area contributed by atoms with Crippen LogP contribution >= 0.6 is 23.8 Å². The second-order valence-corrected chi connectivity index (χ2v) is 6.34. The Hall–Kier alpha value is -0.920. The minimum absolute atomic E-state index is 0.153. The van der Waals surface area contributed by atoms with E-state index in [0.29, 0.717) is 0 Å². The summed E-state index contributed by atoms with van der Waals surface area (Å²) < 4.78 is 39.5. The van der Waals surface area contributed by atoms with Gasteiger partial charge in [0.25, 0.3) is 0 Å². The van der Waals surface area contributed by atoms with Crippen LogP contribution in [0.1, 0.15) is 13.3 Å². The molecule has 0 aromatic heterocycles. The van der Waals surface area contributed by atoms with Crippen molar-refractivity contribution in [3.05, 3.63) is 29.0 Å². The highest BCUT2D eigenvalue weighted by Crippen LogP contribution is 2.21. The van der Waals surface area contributed by atoms with Gasteiger partial charge in [0.2, 0.25) is 10.0 Å². The normalized spacial score (nSPS) is 13.1. The molecule has 0 aliphatic heterocycles. The lowest BCUT2D eigenvalue weighted by atomic mass is 10.3. The van der Waals surface area contributed by atoms with Gasteiger partial charge in [-0.05, 0) is 24.6 Å². The van der Waals surface area contributed by atoms with Crippen LogP contribution in [0.25, 0.3) is 0 Å². The molecule has 1 aromatic carbocycles. The zero-order valence-corrected chi connectivity index (χ0v) is 11.9. The van der Waals surface area contributed by atoms with E-state index in [4.69, 9.17) is 17.3 Å². The van der Waals surface area contributed by atoms with Crippen molar-refractivity contribution in [1.82, 2.24) is 0 Å². The standard InChI is InChI=1S/C10H12ClFN2O2S2/c1-2-9(10(13)17)18(15,16)14-8-4-3-6(11)5-7(8)12/h3-5,9,14H,2H2,1H3,(H2,13,17). The van der Waals surface area contributed by atoms with Crippen molar-refractivity contribution in [2.75, 3.05) is 4.72 Å². The Labute approximate surface area is 115 Å². The molecule has 0 saturated carbocycles. The van der Waals surface area contributed by atoms with Crippen molar-refractivity contribution in [3.63, 3.8) is 0 Å². The number of rotatable bonds is 5. The number of nitrogens with one attached hydrogen (secondary N) is 1. The molecule has 4 nitrogen and oxygen atoms in total. The fraction of sp³-hybridized carbons (Fsp3) is 0.300. The Morgan fingerprint density at radius 2 is 2.22 bits per heavy atom. The summed E-state index contributed by atoms with van der Waals surface area (Å²) in [4.78, 5) is -0.153. The Balaban J connectivity index is 3.05. The largest absolute Gasteiger partial charge is 0.392 e. The summed E-state index contributed by atoms with van der Waals surface area (Å²) in [5.41, 5.74) is 5.16. The zero-order valence-electron chi connectivity index (χ0n) is 9.48. The molecule has 0 aliphatic carbocycles. The summed E-state index contributed by atoms with van der Waals surface area (Å²) in [7, 11) is -3.86. The summed E-state index contributed by atoms with van der Waals surface area (Å²) >= 11 is 10.2. The van der Waals surface area contributed by atoms with Crippen LogP contribution in [0.4, 0.5) is 10.1 Å². The number of anilines is 1. The maximum Gasteiger partial charge on any atom is 0.242 e. The minimum atomic E-state index is -3.86. The molecular formula is C10H12ClFN2O2S2. The van der Waals surface area contributed by atoms with E-state index in [1.807, 2.05) is 0 Å². The van der Waals surface area contributed by atoms with Crippen LogP contribution in [0.15, 0.2) is 18.2 Å². The van der Waals surface area contributed by atoms with Crippen LogP contribution in [0.5, 0.6) is 0 Å². The summed E-state index contributed by atoms with van der Waals surface area (Å²) in [6, 6.07) is 3.63. The molecule has 0 amide bonds. The average Bonchev–Trinajstić information content (AvgIpc) is 2.22. The molecule has 18 heavy (non-hydrogen) atoms. The lowest BCUT2D eigenvalue weighted by Gasteiger charge is -2.16. The van der Waals surface area contributed by atoms with Gasteiger partial charge in [-0.25, -0.2) is 12.8 Å². The van der Waals surface area contributed by atoms with Crippen LogP contribution in [-0.2, 0) is 10.0 Å². The SMILES string of the molecule is CCC(C(N)=S)S(=O)(=O)Nc1ccc(Cl)cc1F. The van der Waals surface area contributed by atoms with E-state index < -0.39 is 21.1 Å². The average molecular weight is 311 g/mol. The Morgan fingerprint density at radius 3 is 2.67 bits per heavy atom. The molecule has 1 unspecified atom stereocenters. The van der Waals surface area contributed by atoms with Crippen molar-refractivity contribution in [3.8, 4) is 0 Å². The van der Waals surface area contributed by atoms with Gasteiger partial charge in [0.15, 0.2) is 0 Å². The van der Waals surface area contributed by atoms with Gasteiger partial charge in [-0.3, -0.25) is 4.72 Å². The maximum absolute atomic E-state index is 13.5. The van der Waals surface area contributed by atoms with E-state index in [0.717, 1.165) is 6.07 Å². The van der Waals surface area contributed by atoms with E-state index >= 15 is 0 Å². The Morgan fingerprint density at radius 1 is 1.61 bits per heavy atom. The van der Waals surface area contributed by atoms with Crippen molar-refractivity contribution in [2.24, 2.45) is 5.73 Å². The number of nitrogens with two attached hydrogens (primary N) is 1. The second kappa shape index (κ2) is 5.81. The molecule has 0 heterocycles. The minimum Gasteiger partial charge on any atom is -0.392 e. The lowest BCUT2D eigenvalue weighted by Crippen LogP contribution is -2.37.